The second kappa shape index (κ2) is 4.26. The van der Waals surface area contributed by atoms with Gasteiger partial charge < -0.3 is 10.2 Å². The molecular weight excluding hydrogens is 212 g/mol. The summed E-state index contributed by atoms with van der Waals surface area (Å²) in [5.41, 5.74) is 0. The number of anilines is 1. The number of nitrogens with zero attached hydrogens (tertiary/aromatic N) is 3. The Bertz CT molecular complexity index is 366. The predicted molar refractivity (Wildman–Crippen MR) is 67.7 cm³/mol. The van der Waals surface area contributed by atoms with Gasteiger partial charge in [-0.1, -0.05) is 0 Å². The number of nitrogens with one attached hydrogen (secondary N) is 1. The van der Waals surface area contributed by atoms with E-state index in [1.807, 2.05) is 6.07 Å². The summed E-state index contributed by atoms with van der Waals surface area (Å²) in [6.45, 7) is 7.01. The maximum atomic E-state index is 4.25. The lowest BCUT2D eigenvalue weighted by Gasteiger charge is -2.54. The third-order valence-electron chi connectivity index (χ3n) is 4.15. The van der Waals surface area contributed by atoms with Gasteiger partial charge in [0, 0.05) is 37.6 Å². The molecule has 1 N–H and O–H groups in total. The monoisotopic (exact) mass is 232 g/mol. The molecule has 1 aliphatic carbocycles. The van der Waals surface area contributed by atoms with Crippen LogP contribution in [0.4, 0.5) is 5.95 Å². The van der Waals surface area contributed by atoms with E-state index in [0.29, 0.717) is 12.1 Å². The van der Waals surface area contributed by atoms with E-state index < -0.39 is 0 Å². The smallest absolute Gasteiger partial charge is 0.222 e. The standard InChI is InChI=1S/C13H20N4/c1-9(2)17-7-10-6-11(8-17)12(10)16-13-14-4-3-5-15-13/h3-5,9-12H,6-8H2,1-2H3,(H,14,15,16). The number of aromatic nitrogens is 2. The lowest BCUT2D eigenvalue weighted by Crippen LogP contribution is -2.62. The molecule has 1 saturated carbocycles. The van der Waals surface area contributed by atoms with E-state index in [0.717, 1.165) is 17.8 Å². The Morgan fingerprint density at radius 2 is 1.88 bits per heavy atom. The normalized spacial score (nSPS) is 32.3. The van der Waals surface area contributed by atoms with Gasteiger partial charge >= 0.3 is 0 Å². The molecule has 3 aliphatic rings. The fraction of sp³-hybridized carbons (Fsp3) is 0.692. The second-order valence-corrected chi connectivity index (χ2v) is 5.55. The van der Waals surface area contributed by atoms with Crippen LogP contribution >= 0.6 is 0 Å². The molecule has 0 spiro atoms. The summed E-state index contributed by atoms with van der Waals surface area (Å²) >= 11 is 0. The molecule has 2 atom stereocenters. The van der Waals surface area contributed by atoms with Gasteiger partial charge in [0.1, 0.15) is 0 Å². The van der Waals surface area contributed by atoms with Crippen molar-refractivity contribution in [2.75, 3.05) is 18.4 Å². The molecule has 4 heteroatoms. The highest BCUT2D eigenvalue weighted by Gasteiger charge is 2.47. The van der Waals surface area contributed by atoms with E-state index in [2.05, 4.69) is 34.0 Å². The van der Waals surface area contributed by atoms with Gasteiger partial charge in [-0.15, -0.1) is 0 Å². The Kier molecular flexibility index (Phi) is 2.74. The summed E-state index contributed by atoms with van der Waals surface area (Å²) < 4.78 is 0. The quantitative estimate of drug-likeness (QED) is 0.859. The van der Waals surface area contributed by atoms with E-state index in [4.69, 9.17) is 0 Å². The van der Waals surface area contributed by atoms with Gasteiger partial charge in [-0.25, -0.2) is 9.97 Å². The molecule has 3 fully saturated rings. The van der Waals surface area contributed by atoms with Crippen LogP contribution in [0, 0.1) is 11.8 Å². The van der Waals surface area contributed by atoms with Crippen molar-refractivity contribution in [2.45, 2.75) is 32.4 Å². The summed E-state index contributed by atoms with van der Waals surface area (Å²) in [5.74, 6) is 2.34. The Morgan fingerprint density at radius 3 is 2.47 bits per heavy atom. The summed E-state index contributed by atoms with van der Waals surface area (Å²) in [6, 6.07) is 3.12. The zero-order valence-corrected chi connectivity index (χ0v) is 10.5. The van der Waals surface area contributed by atoms with Crippen molar-refractivity contribution in [1.82, 2.24) is 14.9 Å². The molecule has 4 rings (SSSR count). The maximum absolute atomic E-state index is 4.25. The highest BCUT2D eigenvalue weighted by atomic mass is 15.2. The van der Waals surface area contributed by atoms with Crippen LogP contribution in [0.25, 0.3) is 0 Å². The molecule has 4 nitrogen and oxygen atoms in total. The van der Waals surface area contributed by atoms with Crippen LogP contribution in [0.1, 0.15) is 20.3 Å². The fourth-order valence-corrected chi connectivity index (χ4v) is 3.10. The first-order valence-electron chi connectivity index (χ1n) is 6.51. The second-order valence-electron chi connectivity index (χ2n) is 5.55. The van der Waals surface area contributed by atoms with Crippen molar-refractivity contribution in [3.8, 4) is 0 Å². The highest BCUT2D eigenvalue weighted by molar-refractivity contribution is 5.28. The molecule has 17 heavy (non-hydrogen) atoms. The van der Waals surface area contributed by atoms with Crippen molar-refractivity contribution in [3.05, 3.63) is 18.5 Å². The Hall–Kier alpha value is -1.16. The van der Waals surface area contributed by atoms with E-state index >= 15 is 0 Å². The SMILES string of the molecule is CC(C)N1CC2CC(C1)C2Nc1ncccn1. The summed E-state index contributed by atoms with van der Waals surface area (Å²) in [4.78, 5) is 11.1. The van der Waals surface area contributed by atoms with Crippen LogP contribution in [0.2, 0.25) is 0 Å². The van der Waals surface area contributed by atoms with Crippen molar-refractivity contribution in [1.29, 1.82) is 0 Å². The minimum Gasteiger partial charge on any atom is -0.351 e. The number of fused-ring (bicyclic) bond motifs is 2. The number of piperidine rings is 2. The fourth-order valence-electron chi connectivity index (χ4n) is 3.10. The zero-order valence-electron chi connectivity index (χ0n) is 10.5. The molecule has 2 unspecified atom stereocenters. The molecule has 1 aromatic heterocycles. The minimum absolute atomic E-state index is 0.590. The molecule has 3 heterocycles. The van der Waals surface area contributed by atoms with Crippen LogP contribution in [0.5, 0.6) is 0 Å². The van der Waals surface area contributed by atoms with Crippen LogP contribution < -0.4 is 5.32 Å². The van der Waals surface area contributed by atoms with Gasteiger partial charge in [0.25, 0.3) is 0 Å². The molecule has 92 valence electrons. The zero-order chi connectivity index (χ0) is 11.8. The van der Waals surface area contributed by atoms with Gasteiger partial charge in [0.05, 0.1) is 0 Å². The largest absolute Gasteiger partial charge is 0.351 e. The Balaban J connectivity index is 1.62. The Morgan fingerprint density at radius 1 is 1.24 bits per heavy atom. The molecule has 0 radical (unpaired) electrons. The summed E-state index contributed by atoms with van der Waals surface area (Å²) in [7, 11) is 0. The van der Waals surface area contributed by atoms with Crippen molar-refractivity contribution in [3.63, 3.8) is 0 Å². The average Bonchev–Trinajstić information content (AvgIpc) is 2.37. The summed E-state index contributed by atoms with van der Waals surface area (Å²) in [5, 5.41) is 3.49. The minimum atomic E-state index is 0.590. The average molecular weight is 232 g/mol. The van der Waals surface area contributed by atoms with E-state index in [1.54, 1.807) is 12.4 Å². The first kappa shape index (κ1) is 11.0. The van der Waals surface area contributed by atoms with Crippen molar-refractivity contribution >= 4 is 5.95 Å². The van der Waals surface area contributed by atoms with Crippen molar-refractivity contribution < 1.29 is 0 Å². The molecular formula is C13H20N4. The number of hydrogen-bond acceptors (Lipinski definition) is 4. The topological polar surface area (TPSA) is 41.0 Å². The third kappa shape index (κ3) is 2.02. The van der Waals surface area contributed by atoms with Crippen LogP contribution in [0.15, 0.2) is 18.5 Å². The lowest BCUT2D eigenvalue weighted by molar-refractivity contribution is -0.00445. The molecule has 2 saturated heterocycles. The molecule has 2 bridgehead atoms. The number of rotatable bonds is 3. The van der Waals surface area contributed by atoms with Crippen LogP contribution in [0.3, 0.4) is 0 Å². The van der Waals surface area contributed by atoms with E-state index in [1.165, 1.54) is 19.5 Å². The highest BCUT2D eigenvalue weighted by Crippen LogP contribution is 2.41. The van der Waals surface area contributed by atoms with Gasteiger partial charge in [0.2, 0.25) is 5.95 Å². The first-order chi connectivity index (χ1) is 8.24. The van der Waals surface area contributed by atoms with E-state index in [9.17, 15) is 0 Å². The maximum Gasteiger partial charge on any atom is 0.222 e. The molecule has 0 amide bonds. The lowest BCUT2D eigenvalue weighted by atomic mass is 9.66. The molecule has 1 aromatic rings. The third-order valence-corrected chi connectivity index (χ3v) is 4.15. The van der Waals surface area contributed by atoms with Gasteiger partial charge in [-0.05, 0) is 38.2 Å². The predicted octanol–water partition coefficient (Wildman–Crippen LogP) is 1.62. The van der Waals surface area contributed by atoms with Gasteiger partial charge in [-0.3, -0.25) is 0 Å². The Labute approximate surface area is 102 Å². The van der Waals surface area contributed by atoms with Crippen LogP contribution in [-0.2, 0) is 0 Å². The molecule has 2 aliphatic heterocycles. The first-order valence-corrected chi connectivity index (χ1v) is 6.51. The molecule has 0 aromatic carbocycles. The van der Waals surface area contributed by atoms with Gasteiger partial charge in [-0.2, -0.15) is 0 Å². The van der Waals surface area contributed by atoms with Gasteiger partial charge in [0.15, 0.2) is 0 Å². The summed E-state index contributed by atoms with van der Waals surface area (Å²) in [6.07, 6.45) is 4.96. The van der Waals surface area contributed by atoms with E-state index in [-0.39, 0.29) is 0 Å². The van der Waals surface area contributed by atoms with Crippen molar-refractivity contribution in [2.24, 2.45) is 11.8 Å². The van der Waals surface area contributed by atoms with Crippen LogP contribution in [-0.4, -0.2) is 40.0 Å². The number of hydrogen-bond donors (Lipinski definition) is 1.